The average Bonchev–Trinajstić information content (AvgIpc) is 2.74. The predicted molar refractivity (Wildman–Crippen MR) is 81.8 cm³/mol. The molecule has 1 heterocycles. The Hall–Kier alpha value is -0.850. The smallest absolute Gasteiger partial charge is 0.317 e. The lowest BCUT2D eigenvalue weighted by molar-refractivity contribution is -0.138. The molecule has 0 spiro atoms. The Morgan fingerprint density at radius 2 is 2.00 bits per heavy atom. The van der Waals surface area contributed by atoms with E-state index < -0.39 is 12.1 Å². The van der Waals surface area contributed by atoms with Crippen molar-refractivity contribution >= 4 is 29.2 Å². The Kier molecular flexibility index (Phi) is 5.46. The molecule has 1 saturated heterocycles. The van der Waals surface area contributed by atoms with Crippen LogP contribution in [0.1, 0.15) is 5.56 Å². The summed E-state index contributed by atoms with van der Waals surface area (Å²) in [5.41, 5.74) is 0.828. The first kappa shape index (κ1) is 16.5. The summed E-state index contributed by atoms with van der Waals surface area (Å²) in [6, 6.07) is 5.14. The van der Waals surface area contributed by atoms with Gasteiger partial charge in [0.25, 0.3) is 0 Å². The summed E-state index contributed by atoms with van der Waals surface area (Å²) in [5, 5.41) is 20.1. The minimum Gasteiger partial charge on any atom is -0.480 e. The van der Waals surface area contributed by atoms with Gasteiger partial charge < -0.3 is 10.2 Å². The number of benzene rings is 1. The zero-order chi connectivity index (χ0) is 15.6. The molecular weight excluding hydrogens is 315 g/mol. The molecule has 1 unspecified atom stereocenters. The highest BCUT2D eigenvalue weighted by Gasteiger charge is 2.34. The number of β-amino-alcohol motifs (C(OH)–C–C–N with tert-alkyl or cyclic N) is 1. The number of carboxylic acid groups (broad SMARTS) is 1. The van der Waals surface area contributed by atoms with Gasteiger partial charge in [-0.3, -0.25) is 14.6 Å². The second-order valence-corrected chi connectivity index (χ2v) is 6.15. The third-order valence-electron chi connectivity index (χ3n) is 3.73. The first-order chi connectivity index (χ1) is 9.88. The molecule has 0 aliphatic carbocycles. The van der Waals surface area contributed by atoms with E-state index >= 15 is 0 Å². The van der Waals surface area contributed by atoms with Crippen LogP contribution >= 0.6 is 23.2 Å². The third kappa shape index (κ3) is 4.08. The van der Waals surface area contributed by atoms with E-state index in [0.29, 0.717) is 29.7 Å². The van der Waals surface area contributed by atoms with E-state index in [9.17, 15) is 9.90 Å². The molecule has 1 aliphatic heterocycles. The normalized spacial score (nSPS) is 22.9. The van der Waals surface area contributed by atoms with Gasteiger partial charge in [0, 0.05) is 41.3 Å². The lowest BCUT2D eigenvalue weighted by Crippen LogP contribution is -2.43. The van der Waals surface area contributed by atoms with Gasteiger partial charge in [0.15, 0.2) is 0 Å². The highest BCUT2D eigenvalue weighted by Crippen LogP contribution is 2.27. The van der Waals surface area contributed by atoms with Gasteiger partial charge in [0.1, 0.15) is 0 Å². The fourth-order valence-corrected chi connectivity index (χ4v) is 3.16. The summed E-state index contributed by atoms with van der Waals surface area (Å²) in [7, 11) is 1.70. The molecule has 0 bridgehead atoms. The van der Waals surface area contributed by atoms with Crippen molar-refractivity contribution in [3.63, 3.8) is 0 Å². The van der Waals surface area contributed by atoms with Crippen molar-refractivity contribution in [2.45, 2.75) is 18.7 Å². The standard InChI is InChI=1S/C14H18Cl2N2O3/c1-17(8-14(20)21)12-6-18(7-13(12)19)5-9-10(15)3-2-4-11(9)16/h2-4,12-13,19H,5-8H2,1H3,(H,20,21)/t12?,13-/m1/s1. The average molecular weight is 333 g/mol. The first-order valence-corrected chi connectivity index (χ1v) is 7.39. The van der Waals surface area contributed by atoms with Crippen molar-refractivity contribution in [2.24, 2.45) is 0 Å². The Balaban J connectivity index is 2.02. The fraction of sp³-hybridized carbons (Fsp3) is 0.500. The van der Waals surface area contributed by atoms with E-state index in [2.05, 4.69) is 0 Å². The van der Waals surface area contributed by atoms with Crippen molar-refractivity contribution in [1.29, 1.82) is 0 Å². The molecule has 0 saturated carbocycles. The topological polar surface area (TPSA) is 64.0 Å². The maximum atomic E-state index is 10.8. The number of aliphatic hydroxyl groups is 1. The predicted octanol–water partition coefficient (Wildman–Crippen LogP) is 1.55. The van der Waals surface area contributed by atoms with Gasteiger partial charge in [0.2, 0.25) is 0 Å². The molecule has 1 fully saturated rings. The van der Waals surface area contributed by atoms with Crippen LogP contribution < -0.4 is 0 Å². The molecule has 1 aromatic rings. The number of carboxylic acids is 1. The van der Waals surface area contributed by atoms with Crippen molar-refractivity contribution in [3.05, 3.63) is 33.8 Å². The quantitative estimate of drug-likeness (QED) is 0.856. The van der Waals surface area contributed by atoms with Crippen LogP contribution in [0.15, 0.2) is 18.2 Å². The van der Waals surface area contributed by atoms with Gasteiger partial charge in [-0.25, -0.2) is 0 Å². The number of likely N-dealkylation sites (tertiary alicyclic amines) is 1. The number of halogens is 2. The zero-order valence-electron chi connectivity index (χ0n) is 11.7. The molecule has 2 rings (SSSR count). The Morgan fingerprint density at radius 1 is 1.38 bits per heavy atom. The van der Waals surface area contributed by atoms with Crippen molar-refractivity contribution < 1.29 is 15.0 Å². The van der Waals surface area contributed by atoms with E-state index in [1.807, 2.05) is 4.90 Å². The van der Waals surface area contributed by atoms with Gasteiger partial charge in [-0.2, -0.15) is 0 Å². The summed E-state index contributed by atoms with van der Waals surface area (Å²) >= 11 is 12.3. The van der Waals surface area contributed by atoms with Crippen LogP contribution in [0.4, 0.5) is 0 Å². The van der Waals surface area contributed by atoms with Crippen LogP contribution in [-0.4, -0.2) is 64.8 Å². The Morgan fingerprint density at radius 3 is 2.57 bits per heavy atom. The molecule has 116 valence electrons. The number of carbonyl (C=O) groups is 1. The molecule has 2 N–H and O–H groups in total. The van der Waals surface area contributed by atoms with Crippen LogP contribution in [0, 0.1) is 0 Å². The van der Waals surface area contributed by atoms with Crippen molar-refractivity contribution in [1.82, 2.24) is 9.80 Å². The zero-order valence-corrected chi connectivity index (χ0v) is 13.2. The van der Waals surface area contributed by atoms with E-state index in [-0.39, 0.29) is 12.6 Å². The fourth-order valence-electron chi connectivity index (χ4n) is 2.65. The van der Waals surface area contributed by atoms with Crippen molar-refractivity contribution in [3.8, 4) is 0 Å². The van der Waals surface area contributed by atoms with Crippen molar-refractivity contribution in [2.75, 3.05) is 26.7 Å². The van der Waals surface area contributed by atoms with Gasteiger partial charge in [0.05, 0.1) is 12.6 Å². The highest BCUT2D eigenvalue weighted by molar-refractivity contribution is 6.35. The third-order valence-corrected chi connectivity index (χ3v) is 4.44. The summed E-state index contributed by atoms with van der Waals surface area (Å²) in [6.45, 7) is 1.48. The van der Waals surface area contributed by atoms with Gasteiger partial charge >= 0.3 is 5.97 Å². The highest BCUT2D eigenvalue weighted by atomic mass is 35.5. The maximum absolute atomic E-state index is 10.8. The lowest BCUT2D eigenvalue weighted by Gasteiger charge is -2.24. The van der Waals surface area contributed by atoms with Crippen LogP contribution in [0.3, 0.4) is 0 Å². The molecule has 0 amide bonds. The SMILES string of the molecule is CN(CC(=O)O)C1CN(Cc2c(Cl)cccc2Cl)C[C@H]1O. The number of hydrogen-bond acceptors (Lipinski definition) is 4. The first-order valence-electron chi connectivity index (χ1n) is 6.64. The number of hydrogen-bond donors (Lipinski definition) is 2. The van der Waals surface area contributed by atoms with Crippen LogP contribution in [-0.2, 0) is 11.3 Å². The molecule has 2 atom stereocenters. The molecule has 0 aromatic heterocycles. The number of aliphatic carboxylic acids is 1. The number of likely N-dealkylation sites (N-methyl/N-ethyl adjacent to an activating group) is 1. The van der Waals surface area contributed by atoms with E-state index in [4.69, 9.17) is 28.3 Å². The molecule has 7 heteroatoms. The Labute approximate surface area is 133 Å². The number of nitrogens with zero attached hydrogens (tertiary/aromatic N) is 2. The van der Waals surface area contributed by atoms with Crippen LogP contribution in [0.5, 0.6) is 0 Å². The molecule has 5 nitrogen and oxygen atoms in total. The second-order valence-electron chi connectivity index (χ2n) is 5.34. The van der Waals surface area contributed by atoms with E-state index in [0.717, 1.165) is 5.56 Å². The largest absolute Gasteiger partial charge is 0.480 e. The summed E-state index contributed by atoms with van der Waals surface area (Å²) < 4.78 is 0. The maximum Gasteiger partial charge on any atom is 0.317 e. The van der Waals surface area contributed by atoms with Crippen LogP contribution in [0.2, 0.25) is 10.0 Å². The molecule has 1 aliphatic rings. The van der Waals surface area contributed by atoms with Gasteiger partial charge in [-0.1, -0.05) is 29.3 Å². The summed E-state index contributed by atoms with van der Waals surface area (Å²) in [6.07, 6.45) is -0.587. The van der Waals surface area contributed by atoms with Gasteiger partial charge in [-0.05, 0) is 19.2 Å². The minimum atomic E-state index is -0.905. The molecule has 0 radical (unpaired) electrons. The molecular formula is C14H18Cl2N2O3. The molecule has 1 aromatic carbocycles. The van der Waals surface area contributed by atoms with E-state index in [1.165, 1.54) is 0 Å². The summed E-state index contributed by atoms with van der Waals surface area (Å²) in [4.78, 5) is 14.4. The second kappa shape index (κ2) is 6.94. The van der Waals surface area contributed by atoms with E-state index in [1.54, 1.807) is 30.1 Å². The monoisotopic (exact) mass is 332 g/mol. The van der Waals surface area contributed by atoms with Gasteiger partial charge in [-0.15, -0.1) is 0 Å². The Bertz CT molecular complexity index is 507. The lowest BCUT2D eigenvalue weighted by atomic mass is 10.2. The van der Waals surface area contributed by atoms with Crippen LogP contribution in [0.25, 0.3) is 0 Å². The number of rotatable bonds is 5. The molecule has 21 heavy (non-hydrogen) atoms. The number of aliphatic hydroxyl groups excluding tert-OH is 1. The summed E-state index contributed by atoms with van der Waals surface area (Å²) in [5.74, 6) is -0.905. The minimum absolute atomic E-state index is 0.0948.